The number of carbonyl (C=O) groups is 1. The smallest absolute Gasteiger partial charge is 0.230 e. The molecular weight excluding hydrogens is 280 g/mol. The average molecular weight is 293 g/mol. The Morgan fingerprint density at radius 1 is 1.24 bits per heavy atom. The summed E-state index contributed by atoms with van der Waals surface area (Å²) in [6.07, 6.45) is 2.33. The van der Waals surface area contributed by atoms with E-state index in [-0.39, 0.29) is 11.7 Å². The highest BCUT2D eigenvalue weighted by molar-refractivity contribution is 5.54. The van der Waals surface area contributed by atoms with E-state index in [1.54, 1.807) is 4.90 Å². The van der Waals surface area contributed by atoms with Gasteiger partial charge in [0.1, 0.15) is 0 Å². The number of rotatable bonds is 3. The predicted octanol–water partition coefficient (Wildman–Crippen LogP) is 2.35. The number of carbonyl (C=O) groups excluding carboxylic acids is 1. The van der Waals surface area contributed by atoms with E-state index in [4.69, 9.17) is 4.52 Å². The van der Waals surface area contributed by atoms with Crippen molar-refractivity contribution in [3.05, 3.63) is 35.7 Å². The first kappa shape index (κ1) is 13.7. The molecule has 1 amide bonds. The fraction of sp³-hybridized carbons (Fsp3) is 0.357. The Balaban J connectivity index is 1.77. The fourth-order valence-corrected chi connectivity index (χ4v) is 2.41. The van der Waals surface area contributed by atoms with Crippen LogP contribution in [0.5, 0.6) is 0 Å². The lowest BCUT2D eigenvalue weighted by Crippen LogP contribution is -2.31. The summed E-state index contributed by atoms with van der Waals surface area (Å²) in [7, 11) is 0. The second-order valence-electron chi connectivity index (χ2n) is 5.00. The molecule has 0 aliphatic carbocycles. The topological polar surface area (TPSA) is 59.2 Å². The van der Waals surface area contributed by atoms with Crippen molar-refractivity contribution in [2.45, 2.75) is 18.8 Å². The molecule has 1 saturated heterocycles. The monoisotopic (exact) mass is 293 g/mol. The van der Waals surface area contributed by atoms with E-state index in [0.29, 0.717) is 24.5 Å². The molecule has 1 aromatic heterocycles. The average Bonchev–Trinajstić information content (AvgIpc) is 3.00. The summed E-state index contributed by atoms with van der Waals surface area (Å²) in [5.41, 5.74) is 0.370. The minimum Gasteiger partial charge on any atom is -0.345 e. The van der Waals surface area contributed by atoms with Gasteiger partial charge >= 0.3 is 0 Å². The van der Waals surface area contributed by atoms with Crippen molar-refractivity contribution >= 4 is 6.41 Å². The Morgan fingerprint density at radius 3 is 2.67 bits per heavy atom. The van der Waals surface area contributed by atoms with Crippen LogP contribution in [0.3, 0.4) is 0 Å². The van der Waals surface area contributed by atoms with Gasteiger partial charge in [-0.3, -0.25) is 4.79 Å². The molecule has 2 heterocycles. The fourth-order valence-electron chi connectivity index (χ4n) is 2.41. The Bertz CT molecular complexity index is 651. The molecule has 0 saturated carbocycles. The van der Waals surface area contributed by atoms with E-state index >= 15 is 0 Å². The van der Waals surface area contributed by atoms with Crippen LogP contribution < -0.4 is 0 Å². The van der Waals surface area contributed by atoms with Crippen molar-refractivity contribution in [2.75, 3.05) is 13.1 Å². The van der Waals surface area contributed by atoms with Crippen molar-refractivity contribution in [2.24, 2.45) is 0 Å². The third-order valence-corrected chi connectivity index (χ3v) is 3.65. The quantitative estimate of drug-likeness (QED) is 0.815. The van der Waals surface area contributed by atoms with E-state index in [9.17, 15) is 13.6 Å². The van der Waals surface area contributed by atoms with Crippen LogP contribution in [0, 0.1) is 11.6 Å². The molecule has 3 rings (SSSR count). The molecule has 7 heteroatoms. The number of benzene rings is 1. The van der Waals surface area contributed by atoms with Crippen LogP contribution in [-0.2, 0) is 4.79 Å². The third-order valence-electron chi connectivity index (χ3n) is 3.65. The van der Waals surface area contributed by atoms with E-state index in [1.165, 1.54) is 6.07 Å². The molecule has 0 spiro atoms. The van der Waals surface area contributed by atoms with Gasteiger partial charge in [-0.1, -0.05) is 5.16 Å². The number of hydrogen-bond acceptors (Lipinski definition) is 4. The van der Waals surface area contributed by atoms with Crippen LogP contribution in [0.1, 0.15) is 24.7 Å². The molecule has 0 N–H and O–H groups in total. The maximum absolute atomic E-state index is 13.2. The number of nitrogens with zero attached hydrogens (tertiary/aromatic N) is 3. The Kier molecular flexibility index (Phi) is 3.64. The summed E-state index contributed by atoms with van der Waals surface area (Å²) < 4.78 is 31.3. The number of amides is 1. The van der Waals surface area contributed by atoms with Crippen molar-refractivity contribution in [3.8, 4) is 11.4 Å². The van der Waals surface area contributed by atoms with Gasteiger partial charge in [-0.2, -0.15) is 4.98 Å². The van der Waals surface area contributed by atoms with Gasteiger partial charge in [0.25, 0.3) is 0 Å². The standard InChI is InChI=1S/C14H13F2N3O2/c15-11-2-1-10(7-12(11)16)13-17-14(21-18-13)9-3-5-19(8-20)6-4-9/h1-2,7-9H,3-6H2. The molecule has 1 aliphatic rings. The van der Waals surface area contributed by atoms with Gasteiger partial charge < -0.3 is 9.42 Å². The van der Waals surface area contributed by atoms with Gasteiger partial charge in [0, 0.05) is 24.6 Å². The summed E-state index contributed by atoms with van der Waals surface area (Å²) >= 11 is 0. The molecule has 110 valence electrons. The lowest BCUT2D eigenvalue weighted by atomic mass is 9.97. The number of piperidine rings is 1. The zero-order valence-corrected chi connectivity index (χ0v) is 11.1. The van der Waals surface area contributed by atoms with E-state index < -0.39 is 11.6 Å². The Hall–Kier alpha value is -2.31. The Morgan fingerprint density at radius 2 is 2.00 bits per heavy atom. The zero-order chi connectivity index (χ0) is 14.8. The van der Waals surface area contributed by atoms with Crippen molar-refractivity contribution in [1.29, 1.82) is 0 Å². The SMILES string of the molecule is O=CN1CCC(c2nc(-c3ccc(F)c(F)c3)no2)CC1. The van der Waals surface area contributed by atoms with Crippen molar-refractivity contribution in [1.82, 2.24) is 15.0 Å². The van der Waals surface area contributed by atoms with Crippen LogP contribution >= 0.6 is 0 Å². The van der Waals surface area contributed by atoms with Crippen LogP contribution in [-0.4, -0.2) is 34.5 Å². The third kappa shape index (κ3) is 2.76. The first-order valence-electron chi connectivity index (χ1n) is 6.66. The maximum atomic E-state index is 13.2. The second-order valence-corrected chi connectivity index (χ2v) is 5.00. The largest absolute Gasteiger partial charge is 0.345 e. The highest BCUT2D eigenvalue weighted by Crippen LogP contribution is 2.28. The molecule has 0 radical (unpaired) electrons. The molecule has 2 aromatic rings. The summed E-state index contributed by atoms with van der Waals surface area (Å²) in [6, 6.07) is 3.48. The van der Waals surface area contributed by atoms with Gasteiger partial charge in [-0.15, -0.1) is 0 Å². The molecule has 0 unspecified atom stereocenters. The minimum atomic E-state index is -0.946. The molecule has 5 nitrogen and oxygen atoms in total. The summed E-state index contributed by atoms with van der Waals surface area (Å²) in [4.78, 5) is 16.6. The van der Waals surface area contributed by atoms with Crippen LogP contribution in [0.25, 0.3) is 11.4 Å². The number of likely N-dealkylation sites (tertiary alicyclic amines) is 1. The first-order chi connectivity index (χ1) is 10.2. The second kappa shape index (κ2) is 5.59. The summed E-state index contributed by atoms with van der Waals surface area (Å²) in [5.74, 6) is -1.06. The minimum absolute atomic E-state index is 0.0905. The van der Waals surface area contributed by atoms with E-state index in [2.05, 4.69) is 10.1 Å². The predicted molar refractivity (Wildman–Crippen MR) is 69.3 cm³/mol. The molecule has 1 aromatic carbocycles. The summed E-state index contributed by atoms with van der Waals surface area (Å²) in [6.45, 7) is 1.30. The Labute approximate surface area is 119 Å². The lowest BCUT2D eigenvalue weighted by molar-refractivity contribution is -0.119. The highest BCUT2D eigenvalue weighted by Gasteiger charge is 2.25. The van der Waals surface area contributed by atoms with Gasteiger partial charge in [-0.05, 0) is 31.0 Å². The number of halogens is 2. The van der Waals surface area contributed by atoms with E-state index in [1.807, 2.05) is 0 Å². The lowest BCUT2D eigenvalue weighted by Gasteiger charge is -2.26. The molecule has 1 fully saturated rings. The van der Waals surface area contributed by atoms with Gasteiger partial charge in [-0.25, -0.2) is 8.78 Å². The van der Waals surface area contributed by atoms with Crippen LogP contribution in [0.4, 0.5) is 8.78 Å². The van der Waals surface area contributed by atoms with Crippen LogP contribution in [0.2, 0.25) is 0 Å². The van der Waals surface area contributed by atoms with Crippen molar-refractivity contribution < 1.29 is 18.1 Å². The zero-order valence-electron chi connectivity index (χ0n) is 11.1. The number of aromatic nitrogens is 2. The van der Waals surface area contributed by atoms with Gasteiger partial charge in [0.05, 0.1) is 0 Å². The summed E-state index contributed by atoms with van der Waals surface area (Å²) in [5, 5.41) is 3.81. The maximum Gasteiger partial charge on any atom is 0.230 e. The highest BCUT2D eigenvalue weighted by atomic mass is 19.2. The molecule has 21 heavy (non-hydrogen) atoms. The molecule has 0 atom stereocenters. The first-order valence-corrected chi connectivity index (χ1v) is 6.66. The van der Waals surface area contributed by atoms with Gasteiger partial charge in [0.15, 0.2) is 11.6 Å². The number of hydrogen-bond donors (Lipinski definition) is 0. The van der Waals surface area contributed by atoms with Crippen LogP contribution in [0.15, 0.2) is 22.7 Å². The van der Waals surface area contributed by atoms with Gasteiger partial charge in [0.2, 0.25) is 18.1 Å². The molecular formula is C14H13F2N3O2. The molecule has 1 aliphatic heterocycles. The van der Waals surface area contributed by atoms with Crippen molar-refractivity contribution in [3.63, 3.8) is 0 Å². The van der Waals surface area contributed by atoms with E-state index in [0.717, 1.165) is 31.4 Å². The molecule has 0 bridgehead atoms. The normalized spacial score (nSPS) is 16.2.